The third-order valence-electron chi connectivity index (χ3n) is 5.99. The van der Waals surface area contributed by atoms with Crippen LogP contribution in [-0.2, 0) is 16.0 Å². The van der Waals surface area contributed by atoms with Crippen LogP contribution in [0.5, 0.6) is 5.75 Å². The zero-order chi connectivity index (χ0) is 25.9. The van der Waals surface area contributed by atoms with Crippen LogP contribution in [0.25, 0.3) is 20.7 Å². The van der Waals surface area contributed by atoms with E-state index in [1.54, 1.807) is 41.3 Å². The second-order valence-corrected chi connectivity index (χ2v) is 10.0. The van der Waals surface area contributed by atoms with Crippen LogP contribution in [0.15, 0.2) is 54.6 Å². The number of fused-ring (bicyclic) bond motifs is 1. The Morgan fingerprint density at radius 3 is 2.41 bits per heavy atom. The van der Waals surface area contributed by atoms with Gasteiger partial charge in [0.2, 0.25) is 5.91 Å². The van der Waals surface area contributed by atoms with Gasteiger partial charge in [-0.1, -0.05) is 23.7 Å². The van der Waals surface area contributed by atoms with Crippen molar-refractivity contribution in [1.29, 1.82) is 0 Å². The topological polar surface area (TPSA) is 102 Å². The van der Waals surface area contributed by atoms with E-state index in [-0.39, 0.29) is 24.8 Å². The molecule has 2 N–H and O–H groups in total. The maximum absolute atomic E-state index is 13.4. The first kappa shape index (κ1) is 24.9. The number of carbonyl (C=O) groups excluding carboxylic acids is 2. The molecule has 0 bridgehead atoms. The van der Waals surface area contributed by atoms with E-state index in [0.29, 0.717) is 48.6 Å². The lowest BCUT2D eigenvalue weighted by Crippen LogP contribution is -2.50. The number of ether oxygens (including phenoxy) is 1. The number of thiophene rings is 1. The molecule has 5 rings (SSSR count). The number of benzene rings is 2. The van der Waals surface area contributed by atoms with E-state index in [1.807, 2.05) is 6.07 Å². The summed E-state index contributed by atoms with van der Waals surface area (Å²) < 4.78 is 19.0. The van der Waals surface area contributed by atoms with Crippen LogP contribution < -0.4 is 15.4 Å². The number of carbonyl (C=O) groups is 2. The highest BCUT2D eigenvalue weighted by Gasteiger charge is 2.25. The summed E-state index contributed by atoms with van der Waals surface area (Å²) in [5.41, 5.74) is 6.27. The lowest BCUT2D eigenvalue weighted by atomic mass is 10.1. The number of anilines is 1. The van der Waals surface area contributed by atoms with Gasteiger partial charge in [-0.05, 0) is 48.0 Å². The van der Waals surface area contributed by atoms with Gasteiger partial charge in [0.1, 0.15) is 28.0 Å². The van der Waals surface area contributed by atoms with Gasteiger partial charge in [-0.3, -0.25) is 9.59 Å². The predicted octanol–water partition coefficient (Wildman–Crippen LogP) is 3.91. The van der Waals surface area contributed by atoms with Crippen LogP contribution in [0.4, 0.5) is 10.2 Å². The van der Waals surface area contributed by atoms with E-state index in [9.17, 15) is 14.0 Å². The summed E-state index contributed by atoms with van der Waals surface area (Å²) in [5.74, 6) is 0.687. The maximum Gasteiger partial charge on any atom is 0.260 e. The number of aromatic nitrogens is 2. The number of piperazine rings is 1. The van der Waals surface area contributed by atoms with Crippen molar-refractivity contribution in [2.24, 2.45) is 5.73 Å². The Morgan fingerprint density at radius 2 is 1.73 bits per heavy atom. The van der Waals surface area contributed by atoms with Crippen molar-refractivity contribution in [2.45, 2.75) is 6.42 Å². The molecule has 1 saturated heterocycles. The minimum absolute atomic E-state index is 0.0618. The first-order chi connectivity index (χ1) is 17.9. The first-order valence-electron chi connectivity index (χ1n) is 11.6. The van der Waals surface area contributed by atoms with Crippen molar-refractivity contribution in [1.82, 2.24) is 14.9 Å². The molecule has 1 fully saturated rings. The Kier molecular flexibility index (Phi) is 7.20. The summed E-state index contributed by atoms with van der Waals surface area (Å²) in [6, 6.07) is 15.1. The van der Waals surface area contributed by atoms with Crippen molar-refractivity contribution in [3.8, 4) is 16.2 Å². The highest BCUT2D eigenvalue weighted by atomic mass is 35.5. The Bertz CT molecular complexity index is 1440. The molecule has 1 aliphatic heterocycles. The van der Waals surface area contributed by atoms with Crippen molar-refractivity contribution < 1.29 is 18.7 Å². The fraction of sp³-hybridized carbons (Fsp3) is 0.231. The van der Waals surface area contributed by atoms with Crippen LogP contribution in [0, 0.1) is 5.82 Å². The number of amides is 2. The summed E-state index contributed by atoms with van der Waals surface area (Å²) in [6.45, 7) is 2.03. The maximum atomic E-state index is 13.4. The van der Waals surface area contributed by atoms with E-state index in [2.05, 4.69) is 14.9 Å². The fourth-order valence-electron chi connectivity index (χ4n) is 4.12. The number of hydrogen-bond acceptors (Lipinski definition) is 7. The zero-order valence-corrected chi connectivity index (χ0v) is 21.3. The first-order valence-corrected chi connectivity index (χ1v) is 12.8. The van der Waals surface area contributed by atoms with E-state index in [1.165, 1.54) is 23.5 Å². The molecule has 1 aliphatic rings. The largest absolute Gasteiger partial charge is 0.484 e. The summed E-state index contributed by atoms with van der Waals surface area (Å²) in [4.78, 5) is 39.0. The zero-order valence-electron chi connectivity index (χ0n) is 19.7. The van der Waals surface area contributed by atoms with Crippen LogP contribution in [0.1, 0.15) is 5.82 Å². The van der Waals surface area contributed by atoms with Gasteiger partial charge in [-0.15, -0.1) is 11.3 Å². The smallest absolute Gasteiger partial charge is 0.260 e. The third-order valence-corrected chi connectivity index (χ3v) is 7.32. The molecule has 0 radical (unpaired) electrons. The molecule has 2 aromatic heterocycles. The predicted molar refractivity (Wildman–Crippen MR) is 141 cm³/mol. The van der Waals surface area contributed by atoms with Gasteiger partial charge in [-0.25, -0.2) is 14.4 Å². The molecule has 0 spiro atoms. The Balaban J connectivity index is 1.33. The summed E-state index contributed by atoms with van der Waals surface area (Å²) in [5, 5.41) is 1.44. The van der Waals surface area contributed by atoms with Crippen molar-refractivity contribution >= 4 is 50.8 Å². The number of nitrogens with zero attached hydrogens (tertiary/aromatic N) is 4. The Hall–Kier alpha value is -3.76. The van der Waals surface area contributed by atoms with Gasteiger partial charge in [-0.2, -0.15) is 0 Å². The Labute approximate surface area is 221 Å². The molecule has 11 heteroatoms. The van der Waals surface area contributed by atoms with Crippen molar-refractivity contribution in [3.05, 3.63) is 71.3 Å². The van der Waals surface area contributed by atoms with E-state index in [4.69, 9.17) is 22.1 Å². The number of halogens is 2. The van der Waals surface area contributed by atoms with Gasteiger partial charge in [0, 0.05) is 36.1 Å². The molecular weight excluding hydrogens is 517 g/mol. The lowest BCUT2D eigenvalue weighted by molar-refractivity contribution is -0.133. The van der Waals surface area contributed by atoms with Crippen LogP contribution in [-0.4, -0.2) is 59.5 Å². The molecule has 0 saturated carbocycles. The third kappa shape index (κ3) is 5.81. The van der Waals surface area contributed by atoms with E-state index in [0.717, 1.165) is 20.7 Å². The molecule has 4 aromatic rings. The fourth-order valence-corrected chi connectivity index (χ4v) is 5.29. The number of primary amides is 1. The minimum atomic E-state index is -0.517. The standard InChI is InChI=1S/C26H23ClFN5O3S/c27-17-3-7-19(8-4-17)36-15-24(35)32-9-11-33(12-10-32)25-20-13-21(16-1-5-18(28)6-2-16)37-26(20)31-23(30-25)14-22(29)34/h1-8,13H,9-12,14-15H2,(H2,29,34). The van der Waals surface area contributed by atoms with Gasteiger partial charge < -0.3 is 20.3 Å². The van der Waals surface area contributed by atoms with Gasteiger partial charge in [0.05, 0.1) is 11.8 Å². The second kappa shape index (κ2) is 10.7. The monoisotopic (exact) mass is 539 g/mol. The summed E-state index contributed by atoms with van der Waals surface area (Å²) in [6.07, 6.45) is -0.0762. The van der Waals surface area contributed by atoms with Crippen LogP contribution >= 0.6 is 22.9 Å². The molecule has 0 unspecified atom stereocenters. The molecule has 190 valence electrons. The SMILES string of the molecule is NC(=O)Cc1nc(N2CCN(C(=O)COc3ccc(Cl)cc3)CC2)c2cc(-c3ccc(F)cc3)sc2n1. The molecule has 8 nitrogen and oxygen atoms in total. The highest BCUT2D eigenvalue weighted by Crippen LogP contribution is 2.37. The van der Waals surface area contributed by atoms with Crippen LogP contribution in [0.3, 0.4) is 0 Å². The molecule has 2 aromatic carbocycles. The molecule has 0 aliphatic carbocycles. The normalized spacial score (nSPS) is 13.7. The number of nitrogens with two attached hydrogens (primary N) is 1. The quantitative estimate of drug-likeness (QED) is 0.382. The minimum Gasteiger partial charge on any atom is -0.484 e. The molecule has 37 heavy (non-hydrogen) atoms. The van der Waals surface area contributed by atoms with Crippen molar-refractivity contribution in [3.63, 3.8) is 0 Å². The average Bonchev–Trinajstić information content (AvgIpc) is 3.32. The van der Waals surface area contributed by atoms with Gasteiger partial charge in [0.25, 0.3) is 5.91 Å². The van der Waals surface area contributed by atoms with E-state index < -0.39 is 5.91 Å². The van der Waals surface area contributed by atoms with E-state index >= 15 is 0 Å². The summed E-state index contributed by atoms with van der Waals surface area (Å²) >= 11 is 7.33. The molecule has 2 amide bonds. The Morgan fingerprint density at radius 1 is 1.03 bits per heavy atom. The average molecular weight is 540 g/mol. The highest BCUT2D eigenvalue weighted by molar-refractivity contribution is 7.21. The molecule has 3 heterocycles. The molecular formula is C26H23ClFN5O3S. The summed E-state index contributed by atoms with van der Waals surface area (Å²) in [7, 11) is 0. The van der Waals surface area contributed by atoms with Gasteiger partial charge in [0.15, 0.2) is 6.61 Å². The lowest BCUT2D eigenvalue weighted by Gasteiger charge is -2.35. The second-order valence-electron chi connectivity index (χ2n) is 8.55. The van der Waals surface area contributed by atoms with Crippen molar-refractivity contribution in [2.75, 3.05) is 37.7 Å². The number of rotatable bonds is 7. The van der Waals surface area contributed by atoms with Crippen LogP contribution in [0.2, 0.25) is 5.02 Å². The number of hydrogen-bond donors (Lipinski definition) is 1. The molecule has 0 atom stereocenters. The van der Waals surface area contributed by atoms with Gasteiger partial charge >= 0.3 is 0 Å².